The second-order valence-electron chi connectivity index (χ2n) is 2.65. The largest absolute Gasteiger partial charge is 0.467 e. The van der Waals surface area contributed by atoms with Crippen LogP contribution in [0.1, 0.15) is 20.3 Å². The van der Waals surface area contributed by atoms with Crippen LogP contribution in [0.25, 0.3) is 0 Å². The van der Waals surface area contributed by atoms with Crippen LogP contribution in [0.2, 0.25) is 0 Å². The fourth-order valence-electron chi connectivity index (χ4n) is 0.764. The van der Waals surface area contributed by atoms with Crippen molar-refractivity contribution in [1.29, 1.82) is 0 Å². The Balaban J connectivity index is 3.26. The maximum absolute atomic E-state index is 10.8. The number of esters is 1. The Labute approximate surface area is 79.2 Å². The molecule has 0 spiro atoms. The van der Waals surface area contributed by atoms with Gasteiger partial charge in [0.05, 0.1) is 20.3 Å². The monoisotopic (exact) mass is 190 g/mol. The molecule has 0 aliphatic heterocycles. The minimum Gasteiger partial charge on any atom is -0.467 e. The molecular formula is C9H18O4. The number of carbonyl (C=O) groups is 1. The SMILES string of the molecule is CCCOCCOC(C)C(=O)OC. The van der Waals surface area contributed by atoms with E-state index in [-0.39, 0.29) is 5.97 Å². The van der Waals surface area contributed by atoms with Crippen molar-refractivity contribution < 1.29 is 19.0 Å². The van der Waals surface area contributed by atoms with Crippen LogP contribution >= 0.6 is 0 Å². The fourth-order valence-corrected chi connectivity index (χ4v) is 0.764. The normalized spacial score (nSPS) is 12.5. The number of ether oxygens (including phenoxy) is 3. The van der Waals surface area contributed by atoms with Crippen LogP contribution in [0.3, 0.4) is 0 Å². The molecule has 0 heterocycles. The third-order valence-corrected chi connectivity index (χ3v) is 1.48. The lowest BCUT2D eigenvalue weighted by atomic mass is 10.4. The van der Waals surface area contributed by atoms with Crippen molar-refractivity contribution in [2.45, 2.75) is 26.4 Å². The van der Waals surface area contributed by atoms with E-state index in [9.17, 15) is 4.79 Å². The topological polar surface area (TPSA) is 44.8 Å². The third kappa shape index (κ3) is 6.54. The average Bonchev–Trinajstić information content (AvgIpc) is 2.16. The lowest BCUT2D eigenvalue weighted by Gasteiger charge is -2.10. The van der Waals surface area contributed by atoms with Crippen molar-refractivity contribution in [1.82, 2.24) is 0 Å². The van der Waals surface area contributed by atoms with Crippen LogP contribution in [-0.4, -0.2) is 39.0 Å². The summed E-state index contributed by atoms with van der Waals surface area (Å²) in [6, 6.07) is 0. The van der Waals surface area contributed by atoms with E-state index >= 15 is 0 Å². The van der Waals surface area contributed by atoms with Crippen LogP contribution in [0.15, 0.2) is 0 Å². The molecule has 1 atom stereocenters. The molecule has 0 aliphatic rings. The first kappa shape index (κ1) is 12.4. The Hall–Kier alpha value is -0.610. The molecule has 0 radical (unpaired) electrons. The molecule has 0 aromatic heterocycles. The molecule has 4 nitrogen and oxygen atoms in total. The smallest absolute Gasteiger partial charge is 0.334 e. The van der Waals surface area contributed by atoms with Crippen molar-refractivity contribution in [3.8, 4) is 0 Å². The summed E-state index contributed by atoms with van der Waals surface area (Å²) < 4.78 is 14.8. The molecule has 13 heavy (non-hydrogen) atoms. The Morgan fingerprint density at radius 2 is 2.00 bits per heavy atom. The lowest BCUT2D eigenvalue weighted by Crippen LogP contribution is -2.23. The van der Waals surface area contributed by atoms with Gasteiger partial charge in [-0.25, -0.2) is 4.79 Å². The average molecular weight is 190 g/mol. The molecule has 4 heteroatoms. The van der Waals surface area contributed by atoms with Gasteiger partial charge in [0.25, 0.3) is 0 Å². The van der Waals surface area contributed by atoms with E-state index < -0.39 is 6.10 Å². The second-order valence-corrected chi connectivity index (χ2v) is 2.65. The van der Waals surface area contributed by atoms with Gasteiger partial charge in [-0.15, -0.1) is 0 Å². The zero-order valence-corrected chi connectivity index (χ0v) is 8.54. The van der Waals surface area contributed by atoms with Gasteiger partial charge in [0, 0.05) is 6.61 Å². The van der Waals surface area contributed by atoms with E-state index in [1.807, 2.05) is 6.92 Å². The Morgan fingerprint density at radius 1 is 1.31 bits per heavy atom. The van der Waals surface area contributed by atoms with E-state index in [4.69, 9.17) is 9.47 Å². The lowest BCUT2D eigenvalue weighted by molar-refractivity contribution is -0.153. The molecule has 1 unspecified atom stereocenters. The molecular weight excluding hydrogens is 172 g/mol. The number of hydrogen-bond acceptors (Lipinski definition) is 4. The first-order valence-corrected chi connectivity index (χ1v) is 4.49. The summed E-state index contributed by atoms with van der Waals surface area (Å²) in [4.78, 5) is 10.8. The van der Waals surface area contributed by atoms with Gasteiger partial charge in [0.2, 0.25) is 0 Å². The quantitative estimate of drug-likeness (QED) is 0.443. The van der Waals surface area contributed by atoms with Crippen molar-refractivity contribution in [2.24, 2.45) is 0 Å². The minimum absolute atomic E-state index is 0.351. The van der Waals surface area contributed by atoms with E-state index in [1.165, 1.54) is 7.11 Å². The van der Waals surface area contributed by atoms with Crippen molar-refractivity contribution in [2.75, 3.05) is 26.9 Å². The molecule has 78 valence electrons. The summed E-state index contributed by atoms with van der Waals surface area (Å²) in [5.41, 5.74) is 0. The van der Waals surface area contributed by atoms with Crippen molar-refractivity contribution in [3.05, 3.63) is 0 Å². The molecule has 0 aromatic carbocycles. The van der Waals surface area contributed by atoms with Gasteiger partial charge in [-0.3, -0.25) is 0 Å². The van der Waals surface area contributed by atoms with Crippen LogP contribution in [0.4, 0.5) is 0 Å². The first-order chi connectivity index (χ1) is 6.22. The maximum Gasteiger partial charge on any atom is 0.334 e. The van der Waals surface area contributed by atoms with Crippen LogP contribution in [0, 0.1) is 0 Å². The van der Waals surface area contributed by atoms with Gasteiger partial charge in [-0.2, -0.15) is 0 Å². The van der Waals surface area contributed by atoms with E-state index in [2.05, 4.69) is 4.74 Å². The van der Waals surface area contributed by atoms with E-state index in [0.717, 1.165) is 13.0 Å². The molecule has 0 saturated heterocycles. The molecule has 0 rings (SSSR count). The first-order valence-electron chi connectivity index (χ1n) is 4.49. The molecule has 0 fully saturated rings. The minimum atomic E-state index is -0.504. The van der Waals surface area contributed by atoms with Gasteiger partial charge in [-0.05, 0) is 13.3 Å². The van der Waals surface area contributed by atoms with Crippen molar-refractivity contribution in [3.63, 3.8) is 0 Å². The summed E-state index contributed by atoms with van der Waals surface area (Å²) in [5.74, 6) is -0.351. The molecule has 0 N–H and O–H groups in total. The molecule has 0 bridgehead atoms. The highest BCUT2D eigenvalue weighted by Gasteiger charge is 2.12. The van der Waals surface area contributed by atoms with Gasteiger partial charge >= 0.3 is 5.97 Å². The van der Waals surface area contributed by atoms with Gasteiger partial charge in [0.15, 0.2) is 6.10 Å². The van der Waals surface area contributed by atoms with Crippen LogP contribution in [-0.2, 0) is 19.0 Å². The highest BCUT2D eigenvalue weighted by Crippen LogP contribution is 1.93. The number of rotatable bonds is 7. The molecule has 0 aromatic rings. The second kappa shape index (κ2) is 8.01. The fraction of sp³-hybridized carbons (Fsp3) is 0.889. The Kier molecular flexibility index (Phi) is 7.63. The number of carbonyl (C=O) groups excluding carboxylic acids is 1. The van der Waals surface area contributed by atoms with Crippen molar-refractivity contribution >= 4 is 5.97 Å². The Morgan fingerprint density at radius 3 is 2.54 bits per heavy atom. The summed E-state index contributed by atoms with van der Waals surface area (Å²) in [6.07, 6.45) is 0.488. The standard InChI is InChI=1S/C9H18O4/c1-4-5-12-6-7-13-8(2)9(10)11-3/h8H,4-7H2,1-3H3. The van der Waals surface area contributed by atoms with Gasteiger partial charge in [-0.1, -0.05) is 6.92 Å². The van der Waals surface area contributed by atoms with Gasteiger partial charge in [0.1, 0.15) is 0 Å². The van der Waals surface area contributed by atoms with Crippen LogP contribution < -0.4 is 0 Å². The molecule has 0 saturated carbocycles. The third-order valence-electron chi connectivity index (χ3n) is 1.48. The predicted molar refractivity (Wildman–Crippen MR) is 48.5 cm³/mol. The Bertz CT molecular complexity index is 136. The zero-order chi connectivity index (χ0) is 10.1. The predicted octanol–water partition coefficient (Wildman–Crippen LogP) is 0.991. The zero-order valence-electron chi connectivity index (χ0n) is 8.54. The highest BCUT2D eigenvalue weighted by atomic mass is 16.6. The van der Waals surface area contributed by atoms with Crippen LogP contribution in [0.5, 0.6) is 0 Å². The maximum atomic E-state index is 10.8. The van der Waals surface area contributed by atoms with E-state index in [1.54, 1.807) is 6.92 Å². The summed E-state index contributed by atoms with van der Waals surface area (Å²) in [7, 11) is 1.34. The summed E-state index contributed by atoms with van der Waals surface area (Å²) >= 11 is 0. The van der Waals surface area contributed by atoms with E-state index in [0.29, 0.717) is 13.2 Å². The summed E-state index contributed by atoms with van der Waals surface area (Å²) in [5, 5.41) is 0. The summed E-state index contributed by atoms with van der Waals surface area (Å²) in [6.45, 7) is 5.38. The van der Waals surface area contributed by atoms with Gasteiger partial charge < -0.3 is 14.2 Å². The highest BCUT2D eigenvalue weighted by molar-refractivity contribution is 5.73. The number of methoxy groups -OCH3 is 1. The number of hydrogen-bond donors (Lipinski definition) is 0. The molecule has 0 aliphatic carbocycles. The molecule has 0 amide bonds.